The predicted octanol–water partition coefficient (Wildman–Crippen LogP) is 4.47. The zero-order chi connectivity index (χ0) is 22.5. The maximum absolute atomic E-state index is 5.65. The molecule has 176 valence electrons. The summed E-state index contributed by atoms with van der Waals surface area (Å²) in [7, 11) is 0. The van der Waals surface area contributed by atoms with Crippen LogP contribution < -0.4 is 0 Å². The van der Waals surface area contributed by atoms with Gasteiger partial charge >= 0.3 is 0 Å². The lowest BCUT2D eigenvalue weighted by Gasteiger charge is -2.36. The summed E-state index contributed by atoms with van der Waals surface area (Å²) in [4.78, 5) is 11.6. The van der Waals surface area contributed by atoms with E-state index in [1.165, 1.54) is 43.3 Å². The van der Waals surface area contributed by atoms with Crippen molar-refractivity contribution in [3.8, 4) is 11.1 Å². The lowest BCUT2D eigenvalue weighted by atomic mass is 9.81. The normalized spacial score (nSPS) is 22.5. The van der Waals surface area contributed by atoms with Gasteiger partial charge in [-0.1, -0.05) is 6.92 Å². The van der Waals surface area contributed by atoms with E-state index in [9.17, 15) is 0 Å². The van der Waals surface area contributed by atoms with Crippen molar-refractivity contribution in [3.63, 3.8) is 0 Å². The summed E-state index contributed by atoms with van der Waals surface area (Å²) in [6.45, 7) is 7.36. The van der Waals surface area contributed by atoms with Crippen LogP contribution in [0.25, 0.3) is 16.6 Å². The van der Waals surface area contributed by atoms with E-state index in [4.69, 9.17) is 9.47 Å². The fourth-order valence-electron chi connectivity index (χ4n) is 5.26. The molecule has 4 heterocycles. The number of hydrogen-bond acceptors (Lipinski definition) is 6. The van der Waals surface area contributed by atoms with Crippen molar-refractivity contribution in [1.29, 1.82) is 0 Å². The van der Waals surface area contributed by atoms with Gasteiger partial charge in [0.2, 0.25) is 0 Å². The first-order valence-electron chi connectivity index (χ1n) is 12.5. The molecule has 0 aromatic carbocycles. The Labute approximate surface area is 196 Å². The minimum atomic E-state index is 0.465. The summed E-state index contributed by atoms with van der Waals surface area (Å²) >= 11 is 0. The molecule has 2 fully saturated rings. The largest absolute Gasteiger partial charge is 0.380 e. The van der Waals surface area contributed by atoms with Crippen molar-refractivity contribution in [3.05, 3.63) is 48.3 Å². The van der Waals surface area contributed by atoms with Crippen LogP contribution in [0.2, 0.25) is 0 Å². The summed E-state index contributed by atoms with van der Waals surface area (Å²) < 4.78 is 13.2. The quantitative estimate of drug-likeness (QED) is 0.496. The highest BCUT2D eigenvalue weighted by Crippen LogP contribution is 2.37. The van der Waals surface area contributed by atoms with E-state index in [0.29, 0.717) is 18.6 Å². The summed E-state index contributed by atoms with van der Waals surface area (Å²) in [6.07, 6.45) is 15.1. The van der Waals surface area contributed by atoms with Gasteiger partial charge in [-0.3, -0.25) is 4.90 Å². The average molecular weight is 450 g/mol. The van der Waals surface area contributed by atoms with Crippen molar-refractivity contribution in [2.45, 2.75) is 64.0 Å². The molecule has 1 aliphatic heterocycles. The molecule has 0 amide bonds. The zero-order valence-electron chi connectivity index (χ0n) is 19.7. The van der Waals surface area contributed by atoms with E-state index in [-0.39, 0.29) is 0 Å². The highest BCUT2D eigenvalue weighted by Gasteiger charge is 2.28. The third-order valence-electron chi connectivity index (χ3n) is 7.08. The van der Waals surface area contributed by atoms with Gasteiger partial charge in [-0.2, -0.15) is 5.10 Å². The number of nitrogens with zero attached hydrogens (tertiary/aromatic N) is 5. The van der Waals surface area contributed by atoms with Gasteiger partial charge in [0.1, 0.15) is 6.61 Å². The lowest BCUT2D eigenvalue weighted by molar-refractivity contribution is 0.116. The molecule has 1 saturated carbocycles. The molecule has 33 heavy (non-hydrogen) atoms. The highest BCUT2D eigenvalue weighted by molar-refractivity contribution is 5.69. The van der Waals surface area contributed by atoms with Crippen molar-refractivity contribution in [1.82, 2.24) is 24.5 Å². The first-order chi connectivity index (χ1) is 16.3. The van der Waals surface area contributed by atoms with E-state index in [0.717, 1.165) is 56.2 Å². The lowest BCUT2D eigenvalue weighted by Crippen LogP contribution is -2.39. The molecule has 5 rings (SSSR count). The Bertz CT molecular complexity index is 1020. The van der Waals surface area contributed by atoms with Gasteiger partial charge in [0.05, 0.1) is 18.3 Å². The van der Waals surface area contributed by atoms with Crippen LogP contribution in [-0.2, 0) is 16.1 Å². The van der Waals surface area contributed by atoms with Crippen LogP contribution in [0.15, 0.2) is 36.9 Å². The van der Waals surface area contributed by atoms with Crippen molar-refractivity contribution >= 4 is 5.52 Å². The van der Waals surface area contributed by atoms with Crippen LogP contribution in [0.5, 0.6) is 0 Å². The molecule has 1 saturated heterocycles. The number of rotatable bonds is 7. The molecule has 0 bridgehead atoms. The average Bonchev–Trinajstić information content (AvgIpc) is 3.09. The molecular formula is C26H35N5O2. The van der Waals surface area contributed by atoms with E-state index in [1.54, 1.807) is 0 Å². The minimum Gasteiger partial charge on any atom is -0.380 e. The SMILES string of the molecule is CCCOCc1ncc(-c2ccn3ncc(C4CCC(N5CCCOCC5)CC4)c3c2)cn1. The van der Waals surface area contributed by atoms with Crippen LogP contribution in [0.1, 0.15) is 62.8 Å². The van der Waals surface area contributed by atoms with E-state index in [1.807, 2.05) is 16.9 Å². The number of ether oxygens (including phenoxy) is 2. The standard InChI is InChI=1S/C26H35N5O2/c1-2-12-33-19-26-27-16-22(17-28-26)21-8-10-31-25(15-21)24(18-29-31)20-4-6-23(7-5-20)30-9-3-13-32-14-11-30/h8,10,15-18,20,23H,2-7,9,11-14,19H2,1H3. The number of aromatic nitrogens is 4. The van der Waals surface area contributed by atoms with Gasteiger partial charge in [0, 0.05) is 62.1 Å². The number of fused-ring (bicyclic) bond motifs is 1. The first kappa shape index (κ1) is 22.4. The predicted molar refractivity (Wildman–Crippen MR) is 128 cm³/mol. The molecule has 7 nitrogen and oxygen atoms in total. The molecule has 0 spiro atoms. The second kappa shape index (κ2) is 10.7. The second-order valence-corrected chi connectivity index (χ2v) is 9.29. The maximum Gasteiger partial charge on any atom is 0.153 e. The van der Waals surface area contributed by atoms with E-state index in [2.05, 4.69) is 51.4 Å². The van der Waals surface area contributed by atoms with E-state index < -0.39 is 0 Å². The smallest absolute Gasteiger partial charge is 0.153 e. The third kappa shape index (κ3) is 5.26. The Morgan fingerprint density at radius 1 is 1.03 bits per heavy atom. The summed E-state index contributed by atoms with van der Waals surface area (Å²) in [6, 6.07) is 5.04. The molecule has 7 heteroatoms. The number of hydrogen-bond donors (Lipinski definition) is 0. The highest BCUT2D eigenvalue weighted by atomic mass is 16.5. The Morgan fingerprint density at radius 3 is 2.70 bits per heavy atom. The van der Waals surface area contributed by atoms with E-state index >= 15 is 0 Å². The van der Waals surface area contributed by atoms with Gasteiger partial charge in [-0.05, 0) is 62.1 Å². The fraction of sp³-hybridized carbons (Fsp3) is 0.577. The summed E-state index contributed by atoms with van der Waals surface area (Å²) in [5.74, 6) is 1.30. The Balaban J connectivity index is 1.28. The molecule has 1 aliphatic carbocycles. The van der Waals surface area contributed by atoms with Gasteiger partial charge in [-0.25, -0.2) is 14.5 Å². The Kier molecular flexibility index (Phi) is 7.29. The monoisotopic (exact) mass is 449 g/mol. The molecular weight excluding hydrogens is 414 g/mol. The molecule has 0 radical (unpaired) electrons. The molecule has 3 aromatic rings. The van der Waals surface area contributed by atoms with Gasteiger partial charge < -0.3 is 9.47 Å². The summed E-state index contributed by atoms with van der Waals surface area (Å²) in [5.41, 5.74) is 4.73. The van der Waals surface area contributed by atoms with Crippen LogP contribution in [0.4, 0.5) is 0 Å². The second-order valence-electron chi connectivity index (χ2n) is 9.29. The molecule has 3 aromatic heterocycles. The van der Waals surface area contributed by atoms with Crippen molar-refractivity contribution in [2.75, 3.05) is 32.9 Å². The Morgan fingerprint density at radius 2 is 1.88 bits per heavy atom. The third-order valence-corrected chi connectivity index (χ3v) is 7.08. The van der Waals surface area contributed by atoms with Gasteiger partial charge in [-0.15, -0.1) is 0 Å². The van der Waals surface area contributed by atoms with Crippen molar-refractivity contribution < 1.29 is 9.47 Å². The zero-order valence-corrected chi connectivity index (χ0v) is 19.7. The fourth-order valence-corrected chi connectivity index (χ4v) is 5.26. The van der Waals surface area contributed by atoms with Crippen LogP contribution in [-0.4, -0.2) is 63.4 Å². The van der Waals surface area contributed by atoms with Crippen LogP contribution in [0, 0.1) is 0 Å². The topological polar surface area (TPSA) is 64.8 Å². The Hall–Kier alpha value is -2.35. The maximum atomic E-state index is 5.65. The molecule has 0 N–H and O–H groups in total. The van der Waals surface area contributed by atoms with Crippen molar-refractivity contribution in [2.24, 2.45) is 0 Å². The first-order valence-corrected chi connectivity index (χ1v) is 12.5. The molecule has 2 aliphatic rings. The minimum absolute atomic E-state index is 0.465. The van der Waals surface area contributed by atoms with Crippen LogP contribution >= 0.6 is 0 Å². The molecule has 0 unspecified atom stereocenters. The van der Waals surface area contributed by atoms with Gasteiger partial charge in [0.15, 0.2) is 5.82 Å². The van der Waals surface area contributed by atoms with Crippen LogP contribution in [0.3, 0.4) is 0 Å². The molecule has 0 atom stereocenters. The van der Waals surface area contributed by atoms with Gasteiger partial charge in [0.25, 0.3) is 0 Å². The summed E-state index contributed by atoms with van der Waals surface area (Å²) in [5, 5.41) is 4.65. The number of pyridine rings is 1.